The van der Waals surface area contributed by atoms with E-state index >= 15 is 0 Å². The van der Waals surface area contributed by atoms with Gasteiger partial charge in [0.25, 0.3) is 5.91 Å². The Hall–Kier alpha value is -1.88. The number of hydrogen-bond acceptors (Lipinski definition) is 3. The first-order chi connectivity index (χ1) is 11.2. The van der Waals surface area contributed by atoms with Crippen LogP contribution in [-0.2, 0) is 4.79 Å². The number of aliphatic carboxylic acids is 1. The molecule has 0 aromatic heterocycles. The fourth-order valence-electron chi connectivity index (χ4n) is 3.86. The lowest BCUT2D eigenvalue weighted by atomic mass is 9.83. The SMILES string of the molecule is O=C(O)[C@@H]1CCCC[C@H]1N1CCN(C(=O)c2ccccc2)CC1. The second-order valence-corrected chi connectivity index (χ2v) is 6.49. The van der Waals surface area contributed by atoms with Gasteiger partial charge in [0.1, 0.15) is 0 Å². The second kappa shape index (κ2) is 7.13. The standard InChI is InChI=1S/C18H24N2O3/c21-17(14-6-2-1-3-7-14)20-12-10-19(11-13-20)16-9-5-4-8-15(16)18(22)23/h1-3,6-7,15-16H,4-5,8-13H2,(H,22,23)/t15-,16-/m1/s1. The molecule has 3 rings (SSSR count). The van der Waals surface area contributed by atoms with Gasteiger partial charge in [0.05, 0.1) is 5.92 Å². The second-order valence-electron chi connectivity index (χ2n) is 6.49. The number of hydrogen-bond donors (Lipinski definition) is 1. The van der Waals surface area contributed by atoms with Gasteiger partial charge in [-0.05, 0) is 25.0 Å². The van der Waals surface area contributed by atoms with Crippen LogP contribution in [0.25, 0.3) is 0 Å². The summed E-state index contributed by atoms with van der Waals surface area (Å²) in [5, 5.41) is 9.44. The maximum absolute atomic E-state index is 12.5. The van der Waals surface area contributed by atoms with Gasteiger partial charge in [0.2, 0.25) is 0 Å². The highest BCUT2D eigenvalue weighted by molar-refractivity contribution is 5.94. The lowest BCUT2D eigenvalue weighted by Crippen LogP contribution is -2.55. The van der Waals surface area contributed by atoms with Crippen LogP contribution in [0.4, 0.5) is 0 Å². The van der Waals surface area contributed by atoms with Crippen LogP contribution in [-0.4, -0.2) is 59.0 Å². The fourth-order valence-corrected chi connectivity index (χ4v) is 3.86. The topological polar surface area (TPSA) is 60.9 Å². The number of benzene rings is 1. The van der Waals surface area contributed by atoms with Crippen molar-refractivity contribution in [3.05, 3.63) is 35.9 Å². The number of carboxylic acid groups (broad SMARTS) is 1. The van der Waals surface area contributed by atoms with Gasteiger partial charge in [-0.3, -0.25) is 14.5 Å². The van der Waals surface area contributed by atoms with Crippen LogP contribution in [0.1, 0.15) is 36.0 Å². The van der Waals surface area contributed by atoms with E-state index in [1.165, 1.54) is 0 Å². The van der Waals surface area contributed by atoms with Crippen molar-refractivity contribution in [3.63, 3.8) is 0 Å². The number of nitrogens with zero attached hydrogens (tertiary/aromatic N) is 2. The Morgan fingerprint density at radius 2 is 1.61 bits per heavy atom. The minimum absolute atomic E-state index is 0.0729. The van der Waals surface area contributed by atoms with Crippen LogP contribution in [0, 0.1) is 5.92 Å². The number of carboxylic acids is 1. The monoisotopic (exact) mass is 316 g/mol. The quantitative estimate of drug-likeness (QED) is 0.927. The first kappa shape index (κ1) is 16.0. The molecule has 5 heteroatoms. The molecule has 2 atom stereocenters. The minimum Gasteiger partial charge on any atom is -0.481 e. The van der Waals surface area contributed by atoms with E-state index in [-0.39, 0.29) is 17.9 Å². The predicted octanol–water partition coefficient (Wildman–Crippen LogP) is 2.09. The highest BCUT2D eigenvalue weighted by atomic mass is 16.4. The number of carbonyl (C=O) groups is 2. The van der Waals surface area contributed by atoms with E-state index < -0.39 is 5.97 Å². The van der Waals surface area contributed by atoms with Gasteiger partial charge >= 0.3 is 5.97 Å². The van der Waals surface area contributed by atoms with Crippen molar-refractivity contribution in [3.8, 4) is 0 Å². The Morgan fingerprint density at radius 1 is 0.957 bits per heavy atom. The number of rotatable bonds is 3. The normalized spacial score (nSPS) is 26.0. The molecule has 1 saturated heterocycles. The smallest absolute Gasteiger partial charge is 0.308 e. The summed E-state index contributed by atoms with van der Waals surface area (Å²) in [6.07, 6.45) is 3.87. The van der Waals surface area contributed by atoms with Crippen molar-refractivity contribution in [2.45, 2.75) is 31.7 Å². The molecule has 1 N–H and O–H groups in total. The van der Waals surface area contributed by atoms with Crippen LogP contribution in [0.3, 0.4) is 0 Å². The Balaban J connectivity index is 1.59. The van der Waals surface area contributed by atoms with Gasteiger partial charge in [-0.15, -0.1) is 0 Å². The molecule has 1 aliphatic carbocycles. The lowest BCUT2D eigenvalue weighted by molar-refractivity contribution is -0.146. The third-order valence-corrected chi connectivity index (χ3v) is 5.14. The molecule has 0 bridgehead atoms. The number of piperazine rings is 1. The molecule has 1 heterocycles. The molecular formula is C18H24N2O3. The fraction of sp³-hybridized carbons (Fsp3) is 0.556. The zero-order chi connectivity index (χ0) is 16.2. The van der Waals surface area contributed by atoms with Crippen molar-refractivity contribution in [2.75, 3.05) is 26.2 Å². The van der Waals surface area contributed by atoms with Crippen molar-refractivity contribution >= 4 is 11.9 Å². The van der Waals surface area contributed by atoms with Crippen LogP contribution >= 0.6 is 0 Å². The van der Waals surface area contributed by atoms with E-state index in [0.717, 1.165) is 44.3 Å². The van der Waals surface area contributed by atoms with Crippen LogP contribution in [0.2, 0.25) is 0 Å². The predicted molar refractivity (Wildman–Crippen MR) is 87.3 cm³/mol. The largest absolute Gasteiger partial charge is 0.481 e. The third-order valence-electron chi connectivity index (χ3n) is 5.14. The molecule has 0 unspecified atom stereocenters. The summed E-state index contributed by atoms with van der Waals surface area (Å²) in [5.41, 5.74) is 0.724. The molecule has 2 aliphatic rings. The van der Waals surface area contributed by atoms with Crippen molar-refractivity contribution < 1.29 is 14.7 Å². The molecule has 1 aromatic carbocycles. The summed E-state index contributed by atoms with van der Waals surface area (Å²) in [5.74, 6) is -0.846. The van der Waals surface area contributed by atoms with Crippen LogP contribution in [0.15, 0.2) is 30.3 Å². The summed E-state index contributed by atoms with van der Waals surface area (Å²) in [6.45, 7) is 2.90. The summed E-state index contributed by atoms with van der Waals surface area (Å²) in [7, 11) is 0. The molecular weight excluding hydrogens is 292 g/mol. The number of amides is 1. The Kier molecular flexibility index (Phi) is 4.96. The van der Waals surface area contributed by atoms with E-state index in [1.54, 1.807) is 0 Å². The first-order valence-corrected chi connectivity index (χ1v) is 8.48. The zero-order valence-electron chi connectivity index (χ0n) is 13.4. The molecule has 2 fully saturated rings. The molecule has 1 saturated carbocycles. The summed E-state index contributed by atoms with van der Waals surface area (Å²) >= 11 is 0. The highest BCUT2D eigenvalue weighted by Crippen LogP contribution is 2.29. The zero-order valence-corrected chi connectivity index (χ0v) is 13.4. The average Bonchev–Trinajstić information content (AvgIpc) is 2.62. The molecule has 1 aliphatic heterocycles. The van der Waals surface area contributed by atoms with Crippen LogP contribution in [0.5, 0.6) is 0 Å². The molecule has 1 amide bonds. The maximum atomic E-state index is 12.5. The Bertz CT molecular complexity index is 553. The van der Waals surface area contributed by atoms with Gasteiger partial charge < -0.3 is 10.0 Å². The first-order valence-electron chi connectivity index (χ1n) is 8.48. The van der Waals surface area contributed by atoms with E-state index in [4.69, 9.17) is 0 Å². The summed E-state index contributed by atoms with van der Waals surface area (Å²) in [6, 6.07) is 9.48. The number of carbonyl (C=O) groups excluding carboxylic acids is 1. The van der Waals surface area contributed by atoms with E-state index in [1.807, 2.05) is 35.2 Å². The van der Waals surface area contributed by atoms with Crippen molar-refractivity contribution in [2.24, 2.45) is 5.92 Å². The van der Waals surface area contributed by atoms with Gasteiger partial charge in [0.15, 0.2) is 0 Å². The molecule has 1 aromatic rings. The Morgan fingerprint density at radius 3 is 2.26 bits per heavy atom. The summed E-state index contributed by atoms with van der Waals surface area (Å²) in [4.78, 5) is 28.1. The van der Waals surface area contributed by atoms with Crippen molar-refractivity contribution in [1.29, 1.82) is 0 Å². The van der Waals surface area contributed by atoms with E-state index in [0.29, 0.717) is 13.1 Å². The third kappa shape index (κ3) is 3.55. The van der Waals surface area contributed by atoms with Crippen LogP contribution < -0.4 is 0 Å². The molecule has 0 spiro atoms. The minimum atomic E-state index is -0.669. The summed E-state index contributed by atoms with van der Waals surface area (Å²) < 4.78 is 0. The highest BCUT2D eigenvalue weighted by Gasteiger charge is 2.36. The lowest BCUT2D eigenvalue weighted by Gasteiger charge is -2.43. The molecule has 0 radical (unpaired) electrons. The Labute approximate surface area is 136 Å². The maximum Gasteiger partial charge on any atom is 0.308 e. The molecule has 124 valence electrons. The van der Waals surface area contributed by atoms with Gasteiger partial charge in [-0.25, -0.2) is 0 Å². The molecule has 23 heavy (non-hydrogen) atoms. The van der Waals surface area contributed by atoms with Crippen molar-refractivity contribution in [1.82, 2.24) is 9.80 Å². The van der Waals surface area contributed by atoms with E-state index in [9.17, 15) is 14.7 Å². The molecule has 5 nitrogen and oxygen atoms in total. The van der Waals surface area contributed by atoms with Gasteiger partial charge in [-0.1, -0.05) is 31.0 Å². The van der Waals surface area contributed by atoms with Gasteiger partial charge in [-0.2, -0.15) is 0 Å². The van der Waals surface area contributed by atoms with Gasteiger partial charge in [0, 0.05) is 37.8 Å². The van der Waals surface area contributed by atoms with E-state index in [2.05, 4.69) is 4.90 Å². The average molecular weight is 316 g/mol.